The van der Waals surface area contributed by atoms with E-state index in [9.17, 15) is 0 Å². The summed E-state index contributed by atoms with van der Waals surface area (Å²) in [6.45, 7) is 4.38. The van der Waals surface area contributed by atoms with Gasteiger partial charge in [0.2, 0.25) is 6.33 Å². The summed E-state index contributed by atoms with van der Waals surface area (Å²) >= 11 is 0. The van der Waals surface area contributed by atoms with Crippen LogP contribution in [0.2, 0.25) is 0 Å². The van der Waals surface area contributed by atoms with Gasteiger partial charge in [-0.05, 0) is 101 Å². The molecule has 346 valence electrons. The normalized spacial score (nSPS) is 18.5. The molecule has 3 unspecified atom stereocenters. The second-order valence-electron chi connectivity index (χ2n) is 19.1. The van der Waals surface area contributed by atoms with Gasteiger partial charge in [0.05, 0.1) is 35.2 Å². The number of benzene rings is 6. The number of hydrogen-bond donors (Lipinski definition) is 0. The maximum atomic E-state index is 5.38. The van der Waals surface area contributed by atoms with Crippen LogP contribution in [-0.4, -0.2) is 24.5 Å². The molecule has 3 aliphatic rings. The van der Waals surface area contributed by atoms with Crippen LogP contribution >= 0.6 is 0 Å². The van der Waals surface area contributed by atoms with E-state index in [1.165, 1.54) is 16.7 Å². The predicted molar refractivity (Wildman–Crippen MR) is 276 cm³/mol. The molecule has 0 aliphatic heterocycles. The second-order valence-corrected chi connectivity index (χ2v) is 19.1. The molecule has 72 heavy (non-hydrogen) atoms. The molecule has 0 N–H and O–H groups in total. The largest absolute Gasteiger partial charge is 0.354 e. The van der Waals surface area contributed by atoms with Gasteiger partial charge in [-0.25, -0.2) is 0 Å². The van der Waals surface area contributed by atoms with Gasteiger partial charge in [0.15, 0.2) is 0 Å². The Bertz CT molecular complexity index is 3820. The molecule has 11 aromatic rings. The molecule has 6 aromatic carbocycles. The maximum absolute atomic E-state index is 5.38. The van der Waals surface area contributed by atoms with Gasteiger partial charge in [-0.3, -0.25) is 19.9 Å². The SMILES string of the molecule is Cc1cccc(C)c1-c1ccnc(C2(c3[c-]c(C4(c5[c-]c(C6(n7[c-][n+](C)cc7)c7ccccc7-c7ncccc76)ccc5)c5ccccc5-c5ncccc54)ccc3)c3ccccc3-c3ncccc32)c1.[Pt]. The molecule has 6 nitrogen and oxygen atoms in total. The summed E-state index contributed by atoms with van der Waals surface area (Å²) < 4.78 is 4.19. The number of pyridine rings is 4. The smallest absolute Gasteiger partial charge is 0.204 e. The van der Waals surface area contributed by atoms with Gasteiger partial charge in [-0.1, -0.05) is 109 Å². The molecular formula is C65H44N6Pt-2. The van der Waals surface area contributed by atoms with E-state index >= 15 is 0 Å². The van der Waals surface area contributed by atoms with E-state index < -0.39 is 16.4 Å². The Morgan fingerprint density at radius 1 is 0.444 bits per heavy atom. The Morgan fingerprint density at radius 2 is 0.917 bits per heavy atom. The van der Waals surface area contributed by atoms with Crippen LogP contribution in [0.5, 0.6) is 0 Å². The summed E-state index contributed by atoms with van der Waals surface area (Å²) in [5, 5.41) is 0. The fourth-order valence-electron chi connectivity index (χ4n) is 12.8. The minimum absolute atomic E-state index is 0. The fraction of sp³-hybridized carbons (Fsp3) is 0.0923. The zero-order valence-corrected chi connectivity index (χ0v) is 42.0. The third-order valence-corrected chi connectivity index (χ3v) is 15.5. The standard InChI is InChI=1S/C65H44N6.Pt/c1-42-16-10-17-43(2)59(42)44-31-35-66-58(38-44)64(53-26-8-5-23-50(53)61-56(64)29-14-33-68-61)47-20-11-18-45(39-47)63(52-25-7-4-22-49(52)60-55(63)28-13-32-67-60)46-19-12-21-48(40-46)65(71-37-36-70(3)41-71)54-27-9-6-24-51(54)62-57(65)30-15-34-69-62;/h4-38H,1-3H3;/q-2;. The molecule has 3 aliphatic carbocycles. The van der Waals surface area contributed by atoms with Crippen molar-refractivity contribution in [3.8, 4) is 44.9 Å². The number of imidazole rings is 1. The maximum Gasteiger partial charge on any atom is 0.204 e. The third kappa shape index (κ3) is 5.78. The molecule has 14 rings (SSSR count). The van der Waals surface area contributed by atoms with Crippen molar-refractivity contribution in [1.29, 1.82) is 0 Å². The molecule has 5 heterocycles. The van der Waals surface area contributed by atoms with E-state index in [-0.39, 0.29) is 21.1 Å². The monoisotopic (exact) mass is 1100 g/mol. The number of hydrogen-bond acceptors (Lipinski definition) is 4. The quantitative estimate of drug-likeness (QED) is 0.118. The molecular weight excluding hydrogens is 1060 g/mol. The van der Waals surface area contributed by atoms with E-state index in [4.69, 9.17) is 19.9 Å². The van der Waals surface area contributed by atoms with Crippen molar-refractivity contribution in [3.63, 3.8) is 0 Å². The van der Waals surface area contributed by atoms with Crippen LogP contribution in [0.4, 0.5) is 0 Å². The third-order valence-electron chi connectivity index (χ3n) is 15.5. The Kier molecular flexibility index (Phi) is 10.0. The molecule has 0 fully saturated rings. The molecule has 0 spiro atoms. The Morgan fingerprint density at radius 3 is 1.53 bits per heavy atom. The zero-order valence-electron chi connectivity index (χ0n) is 39.7. The molecule has 0 radical (unpaired) electrons. The predicted octanol–water partition coefficient (Wildman–Crippen LogP) is 12.1. The summed E-state index contributed by atoms with van der Waals surface area (Å²) in [6.07, 6.45) is 15.5. The van der Waals surface area contributed by atoms with Crippen LogP contribution < -0.4 is 4.57 Å². The molecule has 0 saturated heterocycles. The van der Waals surface area contributed by atoms with Crippen molar-refractivity contribution in [2.75, 3.05) is 0 Å². The summed E-state index contributed by atoms with van der Waals surface area (Å²) in [5.41, 5.74) is 19.6. The molecule has 7 heteroatoms. The summed E-state index contributed by atoms with van der Waals surface area (Å²) in [6, 6.07) is 71.8. The van der Waals surface area contributed by atoms with Gasteiger partial charge in [-0.2, -0.15) is 48.5 Å². The minimum atomic E-state index is -0.918. The van der Waals surface area contributed by atoms with Crippen molar-refractivity contribution in [2.24, 2.45) is 7.05 Å². The summed E-state index contributed by atoms with van der Waals surface area (Å²) in [5.74, 6) is 0. The van der Waals surface area contributed by atoms with Crippen molar-refractivity contribution in [1.82, 2.24) is 24.5 Å². The van der Waals surface area contributed by atoms with Gasteiger partial charge in [0, 0.05) is 79.1 Å². The molecule has 0 bridgehead atoms. The van der Waals surface area contributed by atoms with Gasteiger partial charge in [-0.15, -0.1) is 22.3 Å². The molecule has 0 amide bonds. The van der Waals surface area contributed by atoms with E-state index in [1.807, 2.05) is 42.5 Å². The van der Waals surface area contributed by atoms with Gasteiger partial charge in [0.1, 0.15) is 5.54 Å². The first kappa shape index (κ1) is 43.8. The topological polar surface area (TPSA) is 60.4 Å². The molecule has 0 saturated carbocycles. The first-order chi connectivity index (χ1) is 34.9. The molecule has 5 aromatic heterocycles. The first-order valence-corrected chi connectivity index (χ1v) is 24.2. The number of nitrogens with zero attached hydrogens (tertiary/aromatic N) is 6. The minimum Gasteiger partial charge on any atom is -0.354 e. The molecule has 3 atom stereocenters. The Labute approximate surface area is 433 Å². The summed E-state index contributed by atoms with van der Waals surface area (Å²) in [4.78, 5) is 20.7. The van der Waals surface area contributed by atoms with Crippen LogP contribution in [0, 0.1) is 32.3 Å². The Balaban J connectivity index is 0.00000504. The van der Waals surface area contributed by atoms with Crippen LogP contribution in [0.25, 0.3) is 44.9 Å². The van der Waals surface area contributed by atoms with Crippen LogP contribution in [0.15, 0.2) is 213 Å². The van der Waals surface area contributed by atoms with Crippen LogP contribution in [0.3, 0.4) is 0 Å². The second kappa shape index (κ2) is 16.4. The van der Waals surface area contributed by atoms with E-state index in [0.29, 0.717) is 0 Å². The van der Waals surface area contributed by atoms with Crippen molar-refractivity contribution in [2.45, 2.75) is 30.2 Å². The first-order valence-electron chi connectivity index (χ1n) is 24.2. The van der Waals surface area contributed by atoms with Gasteiger partial charge in [0.25, 0.3) is 0 Å². The van der Waals surface area contributed by atoms with Gasteiger partial charge < -0.3 is 9.13 Å². The average molecular weight is 1100 g/mol. The fourth-order valence-corrected chi connectivity index (χ4v) is 12.8. The number of fused-ring (bicyclic) bond motifs is 9. The van der Waals surface area contributed by atoms with Crippen molar-refractivity contribution < 1.29 is 25.6 Å². The zero-order chi connectivity index (χ0) is 47.5. The van der Waals surface area contributed by atoms with Gasteiger partial charge >= 0.3 is 0 Å². The van der Waals surface area contributed by atoms with Crippen molar-refractivity contribution in [3.05, 3.63) is 304 Å². The van der Waals surface area contributed by atoms with E-state index in [2.05, 4.69) is 219 Å². The summed E-state index contributed by atoms with van der Waals surface area (Å²) in [7, 11) is 2.02. The Hall–Kier alpha value is -8.18. The average Bonchev–Trinajstić information content (AvgIpc) is 4.16. The van der Waals surface area contributed by atoms with Crippen molar-refractivity contribution >= 4 is 0 Å². The number of rotatable bonds is 7. The number of aryl methyl sites for hydroxylation is 3. The van der Waals surface area contributed by atoms with E-state index in [1.54, 1.807) is 0 Å². The number of aromatic nitrogens is 6. The van der Waals surface area contributed by atoms with E-state index in [0.717, 1.165) is 101 Å². The van der Waals surface area contributed by atoms with Crippen LogP contribution in [-0.2, 0) is 44.5 Å². The van der Waals surface area contributed by atoms with Crippen LogP contribution in [0.1, 0.15) is 72.5 Å².